The van der Waals surface area contributed by atoms with Gasteiger partial charge in [0, 0.05) is 13.2 Å². The number of H-pyrrole nitrogens is 1. The molecular weight excluding hydrogens is 266 g/mol. The zero-order valence-corrected chi connectivity index (χ0v) is 11.2. The predicted octanol–water partition coefficient (Wildman–Crippen LogP) is 1.85. The van der Waals surface area contributed by atoms with Crippen molar-refractivity contribution in [3.05, 3.63) is 28.8 Å². The maximum atomic E-state index is 5.57. The van der Waals surface area contributed by atoms with Crippen LogP contribution in [0, 0.1) is 4.77 Å². The van der Waals surface area contributed by atoms with Gasteiger partial charge in [-0.2, -0.15) is 5.10 Å². The molecule has 1 aromatic carbocycles. The van der Waals surface area contributed by atoms with Gasteiger partial charge in [-0.15, -0.1) is 0 Å². The summed E-state index contributed by atoms with van der Waals surface area (Å²) in [5, 5.41) is 6.91. The summed E-state index contributed by atoms with van der Waals surface area (Å²) >= 11 is 5.24. The smallest absolute Gasteiger partial charge is 0.199 e. The van der Waals surface area contributed by atoms with Gasteiger partial charge in [-0.1, -0.05) is 0 Å². The average Bonchev–Trinajstić information content (AvgIpc) is 2.80. The Hall–Kier alpha value is -1.86. The molecule has 19 heavy (non-hydrogen) atoms. The average molecular weight is 279 g/mol. The highest BCUT2D eigenvalue weighted by molar-refractivity contribution is 7.71. The van der Waals surface area contributed by atoms with E-state index in [0.717, 1.165) is 17.2 Å². The minimum absolute atomic E-state index is 0.377. The molecule has 0 fully saturated rings. The van der Waals surface area contributed by atoms with Gasteiger partial charge in [0.25, 0.3) is 0 Å². The number of rotatable bonds is 3. The Bertz CT molecular complexity index is 650. The lowest BCUT2D eigenvalue weighted by molar-refractivity contribution is 0.171. The van der Waals surface area contributed by atoms with E-state index in [2.05, 4.69) is 10.2 Å². The minimum Gasteiger partial charge on any atom is -0.486 e. The summed E-state index contributed by atoms with van der Waals surface area (Å²) in [4.78, 5) is 0. The van der Waals surface area contributed by atoms with E-state index in [1.54, 1.807) is 7.11 Å². The maximum Gasteiger partial charge on any atom is 0.199 e. The van der Waals surface area contributed by atoms with Crippen LogP contribution in [0.15, 0.2) is 18.2 Å². The van der Waals surface area contributed by atoms with E-state index in [9.17, 15) is 0 Å². The first-order chi connectivity index (χ1) is 9.29. The van der Waals surface area contributed by atoms with Gasteiger partial charge in [0.05, 0.1) is 5.69 Å². The van der Waals surface area contributed by atoms with Crippen LogP contribution < -0.4 is 9.47 Å². The molecule has 100 valence electrons. The fourth-order valence-corrected chi connectivity index (χ4v) is 2.25. The highest BCUT2D eigenvalue weighted by Gasteiger charge is 2.14. The van der Waals surface area contributed by atoms with Crippen LogP contribution in [0.25, 0.3) is 5.69 Å². The number of nitrogens with one attached hydrogen (secondary N) is 1. The lowest BCUT2D eigenvalue weighted by Gasteiger charge is -2.19. The van der Waals surface area contributed by atoms with E-state index in [1.165, 1.54) is 0 Å². The van der Waals surface area contributed by atoms with Gasteiger partial charge < -0.3 is 14.2 Å². The Labute approximate surface area is 114 Å². The molecule has 7 heteroatoms. The van der Waals surface area contributed by atoms with Crippen molar-refractivity contribution >= 4 is 12.2 Å². The number of hydrogen-bond donors (Lipinski definition) is 1. The first-order valence-corrected chi connectivity index (χ1v) is 6.25. The van der Waals surface area contributed by atoms with Crippen LogP contribution in [0.5, 0.6) is 11.5 Å². The first-order valence-electron chi connectivity index (χ1n) is 5.85. The fourth-order valence-electron chi connectivity index (χ4n) is 1.99. The highest BCUT2D eigenvalue weighted by atomic mass is 32.1. The molecule has 0 aliphatic carbocycles. The van der Waals surface area contributed by atoms with Crippen molar-refractivity contribution in [2.45, 2.75) is 6.61 Å². The molecule has 6 nitrogen and oxygen atoms in total. The third kappa shape index (κ3) is 2.22. The predicted molar refractivity (Wildman–Crippen MR) is 70.5 cm³/mol. The monoisotopic (exact) mass is 279 g/mol. The summed E-state index contributed by atoms with van der Waals surface area (Å²) in [6.07, 6.45) is 0. The molecule has 1 aliphatic rings. The molecule has 1 aliphatic heterocycles. The largest absolute Gasteiger partial charge is 0.486 e. The number of ether oxygens (including phenoxy) is 3. The molecular formula is C12H13N3O3S. The number of nitrogens with zero attached hydrogens (tertiary/aromatic N) is 2. The van der Waals surface area contributed by atoms with Crippen molar-refractivity contribution in [1.29, 1.82) is 0 Å². The number of aromatic amines is 1. The van der Waals surface area contributed by atoms with Crippen LogP contribution in [-0.4, -0.2) is 35.1 Å². The number of hydrogen-bond acceptors (Lipinski definition) is 5. The Balaban J connectivity index is 2.07. The van der Waals surface area contributed by atoms with E-state index in [-0.39, 0.29) is 0 Å². The molecule has 0 saturated carbocycles. The number of aromatic nitrogens is 3. The minimum atomic E-state index is 0.377. The summed E-state index contributed by atoms with van der Waals surface area (Å²) in [5.74, 6) is 2.18. The van der Waals surface area contributed by atoms with Crippen molar-refractivity contribution in [2.24, 2.45) is 0 Å². The Morgan fingerprint density at radius 3 is 2.95 bits per heavy atom. The standard InChI is InChI=1S/C12H13N3O3S/c1-16-7-11-13-14-12(19)15(11)8-2-3-9-10(6-8)18-5-4-17-9/h2-3,6H,4-5,7H2,1H3,(H,14,19). The second-order valence-electron chi connectivity index (χ2n) is 4.04. The van der Waals surface area contributed by atoms with Crippen molar-refractivity contribution in [3.63, 3.8) is 0 Å². The van der Waals surface area contributed by atoms with Gasteiger partial charge in [-0.3, -0.25) is 9.67 Å². The van der Waals surface area contributed by atoms with Gasteiger partial charge in [-0.25, -0.2) is 0 Å². The summed E-state index contributed by atoms with van der Waals surface area (Å²) in [7, 11) is 1.62. The summed E-state index contributed by atoms with van der Waals surface area (Å²) in [6.45, 7) is 1.51. The van der Waals surface area contributed by atoms with Gasteiger partial charge in [0.15, 0.2) is 22.1 Å². The molecule has 3 rings (SSSR count). The lowest BCUT2D eigenvalue weighted by atomic mass is 10.2. The molecule has 0 amide bonds. The molecule has 2 heterocycles. The zero-order chi connectivity index (χ0) is 13.2. The molecule has 2 aromatic rings. The lowest BCUT2D eigenvalue weighted by Crippen LogP contribution is -2.15. The van der Waals surface area contributed by atoms with Crippen LogP contribution >= 0.6 is 12.2 Å². The summed E-state index contributed by atoms with van der Waals surface area (Å²) in [6, 6.07) is 5.67. The molecule has 0 unspecified atom stereocenters. The third-order valence-corrected chi connectivity index (χ3v) is 3.07. The van der Waals surface area contributed by atoms with Gasteiger partial charge in [-0.05, 0) is 24.4 Å². The van der Waals surface area contributed by atoms with E-state index >= 15 is 0 Å². The molecule has 1 aromatic heterocycles. The van der Waals surface area contributed by atoms with Gasteiger partial charge in [0.1, 0.15) is 19.8 Å². The van der Waals surface area contributed by atoms with Crippen LogP contribution in [0.2, 0.25) is 0 Å². The summed E-state index contributed by atoms with van der Waals surface area (Å²) < 4.78 is 18.5. The van der Waals surface area contributed by atoms with E-state index in [0.29, 0.717) is 30.4 Å². The van der Waals surface area contributed by atoms with Crippen molar-refractivity contribution < 1.29 is 14.2 Å². The zero-order valence-electron chi connectivity index (χ0n) is 10.4. The van der Waals surface area contributed by atoms with Crippen LogP contribution in [0.3, 0.4) is 0 Å². The molecule has 0 atom stereocenters. The number of fused-ring (bicyclic) bond motifs is 1. The molecule has 0 saturated heterocycles. The Morgan fingerprint density at radius 2 is 2.16 bits per heavy atom. The van der Waals surface area contributed by atoms with E-state index in [4.69, 9.17) is 26.4 Å². The maximum absolute atomic E-state index is 5.57. The third-order valence-electron chi connectivity index (χ3n) is 2.80. The highest BCUT2D eigenvalue weighted by Crippen LogP contribution is 2.32. The number of benzene rings is 1. The molecule has 0 radical (unpaired) electrons. The van der Waals surface area contributed by atoms with Crippen molar-refractivity contribution in [3.8, 4) is 17.2 Å². The topological polar surface area (TPSA) is 61.3 Å². The second-order valence-corrected chi connectivity index (χ2v) is 4.43. The number of methoxy groups -OCH3 is 1. The molecule has 1 N–H and O–H groups in total. The van der Waals surface area contributed by atoms with E-state index in [1.807, 2.05) is 22.8 Å². The summed E-state index contributed by atoms with van der Waals surface area (Å²) in [5.41, 5.74) is 0.870. The van der Waals surface area contributed by atoms with Crippen LogP contribution in [-0.2, 0) is 11.3 Å². The van der Waals surface area contributed by atoms with Gasteiger partial charge >= 0.3 is 0 Å². The SMILES string of the molecule is COCc1n[nH]c(=S)n1-c1ccc2c(c1)OCCO2. The van der Waals surface area contributed by atoms with Gasteiger partial charge in [0.2, 0.25) is 0 Å². The molecule has 0 bridgehead atoms. The second kappa shape index (κ2) is 5.02. The van der Waals surface area contributed by atoms with Crippen molar-refractivity contribution in [2.75, 3.05) is 20.3 Å². The van der Waals surface area contributed by atoms with Crippen LogP contribution in [0.4, 0.5) is 0 Å². The normalized spacial score (nSPS) is 13.5. The van der Waals surface area contributed by atoms with Crippen molar-refractivity contribution in [1.82, 2.24) is 14.8 Å². The molecule has 0 spiro atoms. The Morgan fingerprint density at radius 1 is 1.37 bits per heavy atom. The quantitative estimate of drug-likeness (QED) is 0.869. The first kappa shape index (κ1) is 12.2. The van der Waals surface area contributed by atoms with Crippen LogP contribution in [0.1, 0.15) is 5.82 Å². The van der Waals surface area contributed by atoms with E-state index < -0.39 is 0 Å². The fraction of sp³-hybridized carbons (Fsp3) is 0.333. The Kier molecular flexibility index (Phi) is 3.22.